The number of carbonyl (C=O) groups excluding carboxylic acids is 2. The lowest BCUT2D eigenvalue weighted by molar-refractivity contribution is -0.139. The van der Waals surface area contributed by atoms with Crippen LogP contribution >= 0.6 is 12.2 Å². The summed E-state index contributed by atoms with van der Waals surface area (Å²) < 4.78 is 31.4. The highest BCUT2D eigenvalue weighted by atomic mass is 32.1. The predicted molar refractivity (Wildman–Crippen MR) is 168 cm³/mol. The topological polar surface area (TPSA) is 77.1 Å². The summed E-state index contributed by atoms with van der Waals surface area (Å²) >= 11 is 5.68. The van der Waals surface area contributed by atoms with Gasteiger partial charge in [0.05, 0.1) is 18.3 Å². The van der Waals surface area contributed by atoms with Crippen LogP contribution in [0.15, 0.2) is 89.6 Å². The third kappa shape index (κ3) is 7.48. The molecule has 0 spiro atoms. The number of benzene rings is 3. The van der Waals surface area contributed by atoms with Gasteiger partial charge in [0.25, 0.3) is 5.91 Å². The molecule has 1 N–H and O–H groups in total. The van der Waals surface area contributed by atoms with E-state index in [0.717, 1.165) is 0 Å². The molecular weight excluding hydrogens is 567 g/mol. The molecule has 0 radical (unpaired) electrons. The van der Waals surface area contributed by atoms with E-state index < -0.39 is 17.9 Å². The molecule has 7 nitrogen and oxygen atoms in total. The van der Waals surface area contributed by atoms with E-state index >= 15 is 0 Å². The molecule has 1 aliphatic heterocycles. The van der Waals surface area contributed by atoms with Crippen LogP contribution in [-0.4, -0.2) is 34.6 Å². The SMILES string of the molecule is CCOC(=O)C1=C(C)NC(=S)N(C(=O)/C(C)=C/c2cccc(OCc3ccccc3F)c2)C1c1ccccc1OC(C)C. The normalized spacial score (nSPS) is 15.3. The highest BCUT2D eigenvalue weighted by Crippen LogP contribution is 2.40. The summed E-state index contributed by atoms with van der Waals surface area (Å²) in [4.78, 5) is 28.8. The molecule has 0 bridgehead atoms. The Morgan fingerprint density at radius 1 is 1.07 bits per heavy atom. The first-order valence-electron chi connectivity index (χ1n) is 14.0. The number of carbonyl (C=O) groups is 2. The van der Waals surface area contributed by atoms with Crippen LogP contribution in [0.5, 0.6) is 11.5 Å². The standard InChI is InChI=1S/C34H35FN2O5S/c1-6-40-33(39)30-23(5)36-34(43)37(31(30)27-15-8-10-17-29(27)42-21(2)3)32(38)22(4)18-24-12-11-14-26(19-24)41-20-25-13-7-9-16-28(25)35/h7-19,21,31H,6,20H2,1-5H3,(H,36,43)/b22-18+. The molecular formula is C34H35FN2O5S. The van der Waals surface area contributed by atoms with E-state index in [1.165, 1.54) is 11.0 Å². The van der Waals surface area contributed by atoms with Gasteiger partial charge in [-0.25, -0.2) is 9.18 Å². The van der Waals surface area contributed by atoms with Crippen LogP contribution < -0.4 is 14.8 Å². The molecule has 9 heteroatoms. The fraction of sp³-hybridized carbons (Fsp3) is 0.265. The maximum Gasteiger partial charge on any atom is 0.338 e. The molecule has 3 aromatic carbocycles. The number of thiocarbonyl (C=S) groups is 1. The van der Waals surface area contributed by atoms with Gasteiger partial charge in [0.15, 0.2) is 5.11 Å². The molecule has 43 heavy (non-hydrogen) atoms. The van der Waals surface area contributed by atoms with Crippen molar-refractivity contribution in [3.8, 4) is 11.5 Å². The minimum absolute atomic E-state index is 0.0628. The molecule has 0 saturated heterocycles. The second-order valence-corrected chi connectivity index (χ2v) is 10.6. The summed E-state index contributed by atoms with van der Waals surface area (Å²) in [5, 5.41) is 3.17. The Bertz CT molecular complexity index is 1580. The van der Waals surface area contributed by atoms with Crippen molar-refractivity contribution in [2.75, 3.05) is 6.61 Å². The molecule has 3 aromatic rings. The molecule has 0 aliphatic carbocycles. The van der Waals surface area contributed by atoms with Crippen LogP contribution in [0.25, 0.3) is 6.08 Å². The summed E-state index contributed by atoms with van der Waals surface area (Å²) in [7, 11) is 0. The number of nitrogens with zero attached hydrogens (tertiary/aromatic N) is 1. The Kier molecular flexibility index (Phi) is 10.3. The van der Waals surface area contributed by atoms with Gasteiger partial charge in [-0.3, -0.25) is 9.69 Å². The molecule has 4 rings (SSSR count). The van der Waals surface area contributed by atoms with Crippen LogP contribution in [0.3, 0.4) is 0 Å². The van der Waals surface area contributed by atoms with E-state index in [4.69, 9.17) is 26.4 Å². The van der Waals surface area contributed by atoms with Crippen molar-refractivity contribution in [2.24, 2.45) is 0 Å². The zero-order valence-corrected chi connectivity index (χ0v) is 25.7. The highest BCUT2D eigenvalue weighted by Gasteiger charge is 2.41. The van der Waals surface area contributed by atoms with Crippen molar-refractivity contribution in [1.82, 2.24) is 10.2 Å². The van der Waals surface area contributed by atoms with E-state index in [9.17, 15) is 14.0 Å². The number of ether oxygens (including phenoxy) is 3. The molecule has 0 aromatic heterocycles. The summed E-state index contributed by atoms with van der Waals surface area (Å²) in [6.45, 7) is 9.17. The number of hydrogen-bond donors (Lipinski definition) is 1. The van der Waals surface area contributed by atoms with Crippen molar-refractivity contribution in [1.29, 1.82) is 0 Å². The van der Waals surface area contributed by atoms with Crippen LogP contribution in [0.2, 0.25) is 0 Å². The summed E-state index contributed by atoms with van der Waals surface area (Å²) in [6, 6.07) is 20.0. The van der Waals surface area contributed by atoms with Crippen molar-refractivity contribution < 1.29 is 28.2 Å². The number of esters is 1. The van der Waals surface area contributed by atoms with E-state index in [2.05, 4.69) is 5.32 Å². The number of amides is 1. The molecule has 1 atom stereocenters. The Labute approximate surface area is 256 Å². The zero-order chi connectivity index (χ0) is 31.1. The van der Waals surface area contributed by atoms with Gasteiger partial charge in [-0.2, -0.15) is 0 Å². The Morgan fingerprint density at radius 2 is 1.79 bits per heavy atom. The van der Waals surface area contributed by atoms with E-state index in [1.807, 2.05) is 38.1 Å². The molecule has 1 aliphatic rings. The third-order valence-electron chi connectivity index (χ3n) is 6.67. The van der Waals surface area contributed by atoms with E-state index in [1.54, 1.807) is 69.3 Å². The fourth-order valence-corrected chi connectivity index (χ4v) is 5.10. The quantitative estimate of drug-likeness (QED) is 0.154. The largest absolute Gasteiger partial charge is 0.491 e. The first-order chi connectivity index (χ1) is 20.6. The second kappa shape index (κ2) is 14.1. The third-order valence-corrected chi connectivity index (χ3v) is 6.97. The maximum atomic E-state index is 14.1. The molecule has 0 saturated carbocycles. The molecule has 0 fully saturated rings. The minimum atomic E-state index is -0.894. The first kappa shape index (κ1) is 31.4. The summed E-state index contributed by atoms with van der Waals surface area (Å²) in [5.74, 6) is -0.256. The molecule has 1 unspecified atom stereocenters. The zero-order valence-electron chi connectivity index (χ0n) is 24.8. The molecule has 224 valence electrons. The average Bonchev–Trinajstić information content (AvgIpc) is 2.96. The van der Waals surface area contributed by atoms with Gasteiger partial charge in [0.2, 0.25) is 0 Å². The fourth-order valence-electron chi connectivity index (χ4n) is 4.76. The van der Waals surface area contributed by atoms with Crippen LogP contribution in [0.1, 0.15) is 57.4 Å². The van der Waals surface area contributed by atoms with Crippen molar-refractivity contribution in [3.05, 3.63) is 112 Å². The minimum Gasteiger partial charge on any atom is -0.491 e. The first-order valence-corrected chi connectivity index (χ1v) is 14.4. The number of halogens is 1. The number of para-hydroxylation sites is 1. The summed E-state index contributed by atoms with van der Waals surface area (Å²) in [6.07, 6.45) is 1.56. The van der Waals surface area contributed by atoms with Crippen molar-refractivity contribution in [2.45, 2.75) is 53.4 Å². The van der Waals surface area contributed by atoms with Crippen LogP contribution in [-0.2, 0) is 20.9 Å². The highest BCUT2D eigenvalue weighted by molar-refractivity contribution is 7.80. The van der Waals surface area contributed by atoms with Crippen molar-refractivity contribution >= 4 is 35.3 Å². The number of rotatable bonds is 10. The van der Waals surface area contributed by atoms with Gasteiger partial charge < -0.3 is 19.5 Å². The lowest BCUT2D eigenvalue weighted by Crippen LogP contribution is -2.51. The smallest absolute Gasteiger partial charge is 0.338 e. The predicted octanol–water partition coefficient (Wildman–Crippen LogP) is 6.89. The van der Waals surface area contributed by atoms with Crippen molar-refractivity contribution in [3.63, 3.8) is 0 Å². The van der Waals surface area contributed by atoms with E-state index in [-0.39, 0.29) is 35.8 Å². The van der Waals surface area contributed by atoms with E-state index in [0.29, 0.717) is 39.5 Å². The van der Waals surface area contributed by atoms with Gasteiger partial charge in [0, 0.05) is 22.4 Å². The van der Waals surface area contributed by atoms with Gasteiger partial charge in [0.1, 0.15) is 30.0 Å². The number of hydrogen-bond acceptors (Lipinski definition) is 6. The monoisotopic (exact) mass is 602 g/mol. The molecule has 1 heterocycles. The Hall–Kier alpha value is -4.50. The van der Waals surface area contributed by atoms with Gasteiger partial charge in [-0.15, -0.1) is 0 Å². The number of nitrogens with one attached hydrogen (secondary N) is 1. The Balaban J connectivity index is 1.70. The van der Waals surface area contributed by atoms with Gasteiger partial charge >= 0.3 is 5.97 Å². The lowest BCUT2D eigenvalue weighted by Gasteiger charge is -2.39. The van der Waals surface area contributed by atoms with Gasteiger partial charge in [-0.05, 0) is 82.7 Å². The van der Waals surface area contributed by atoms with Crippen LogP contribution in [0, 0.1) is 5.82 Å². The second-order valence-electron chi connectivity index (χ2n) is 10.3. The average molecular weight is 603 g/mol. The maximum absolute atomic E-state index is 14.1. The number of allylic oxidation sites excluding steroid dienone is 1. The summed E-state index contributed by atoms with van der Waals surface area (Å²) in [5.41, 5.74) is 2.87. The lowest BCUT2D eigenvalue weighted by atomic mass is 9.92. The van der Waals surface area contributed by atoms with Gasteiger partial charge in [-0.1, -0.05) is 48.5 Å². The van der Waals surface area contributed by atoms with Crippen LogP contribution in [0.4, 0.5) is 4.39 Å². The molecule has 1 amide bonds. The Morgan fingerprint density at radius 3 is 2.51 bits per heavy atom.